The maximum Gasteiger partial charge on any atom is 0.301 e. The number of hydrogen-bond donors (Lipinski definition) is 1. The van der Waals surface area contributed by atoms with E-state index in [4.69, 9.17) is 4.74 Å². The lowest BCUT2D eigenvalue weighted by Crippen LogP contribution is -2.44. The van der Waals surface area contributed by atoms with Crippen molar-refractivity contribution >= 4 is 33.0 Å². The van der Waals surface area contributed by atoms with Gasteiger partial charge in [-0.05, 0) is 36.4 Å². The van der Waals surface area contributed by atoms with Crippen LogP contribution in [0.1, 0.15) is 21.6 Å². The number of piperazine rings is 1. The molecule has 0 unspecified atom stereocenters. The van der Waals surface area contributed by atoms with Crippen molar-refractivity contribution in [1.82, 2.24) is 19.6 Å². The van der Waals surface area contributed by atoms with Gasteiger partial charge >= 0.3 is 5.56 Å². The molecule has 11 nitrogen and oxygen atoms in total. The molecule has 2 aromatic heterocycles. The van der Waals surface area contributed by atoms with Crippen molar-refractivity contribution in [1.29, 1.82) is 0 Å². The van der Waals surface area contributed by atoms with Crippen LogP contribution >= 0.6 is 0 Å². The molecule has 0 spiro atoms. The van der Waals surface area contributed by atoms with E-state index < -0.39 is 27.3 Å². The fraction of sp³-hybridized carbons (Fsp3) is 0.300. The van der Waals surface area contributed by atoms with Gasteiger partial charge in [-0.15, -0.1) is 0 Å². The minimum Gasteiger partial charge on any atom is -0.481 e. The highest BCUT2D eigenvalue weighted by Crippen LogP contribution is 2.29. The Morgan fingerprint density at radius 1 is 1.05 bits per heavy atom. The van der Waals surface area contributed by atoms with Crippen LogP contribution in [0, 0.1) is 5.82 Å². The number of aromatic nitrogens is 2. The molecule has 2 aromatic carbocycles. The van der Waals surface area contributed by atoms with Gasteiger partial charge in [0.25, 0.3) is 5.91 Å². The highest BCUT2D eigenvalue weighted by molar-refractivity contribution is 7.92. The number of hydrogen-bond acceptors (Lipinski definition) is 8. The quantitative estimate of drug-likeness (QED) is 0.308. The van der Waals surface area contributed by atoms with Crippen molar-refractivity contribution in [2.24, 2.45) is 0 Å². The van der Waals surface area contributed by atoms with Gasteiger partial charge in [-0.2, -0.15) is 0 Å². The number of sulfonamides is 1. The van der Waals surface area contributed by atoms with Gasteiger partial charge < -0.3 is 19.9 Å². The molecule has 5 rings (SSSR count). The van der Waals surface area contributed by atoms with Gasteiger partial charge in [0.05, 0.1) is 17.6 Å². The molecule has 1 aliphatic heterocycles. The molecule has 226 valence electrons. The highest BCUT2D eigenvalue weighted by atomic mass is 32.2. The van der Waals surface area contributed by atoms with E-state index in [-0.39, 0.29) is 35.9 Å². The number of likely N-dealkylation sites (N-methyl/N-ethyl adjacent to an activating group) is 1. The van der Waals surface area contributed by atoms with Gasteiger partial charge in [0, 0.05) is 46.0 Å². The number of carbonyl (C=O) groups excluding carboxylic acids is 1. The Balaban J connectivity index is 1.64. The summed E-state index contributed by atoms with van der Waals surface area (Å²) in [6, 6.07) is 16.4. The Kier molecular flexibility index (Phi) is 8.64. The van der Waals surface area contributed by atoms with Crippen molar-refractivity contribution in [3.8, 4) is 5.75 Å². The van der Waals surface area contributed by atoms with E-state index in [9.17, 15) is 22.4 Å². The molecule has 1 amide bonds. The fourth-order valence-electron chi connectivity index (χ4n) is 4.72. The normalized spacial score (nSPS) is 14.1. The molecule has 1 N–H and O–H groups in total. The number of halogens is 1. The summed E-state index contributed by atoms with van der Waals surface area (Å²) in [5.74, 6) is -1.39. The first-order chi connectivity index (χ1) is 20.5. The molecular weight excluding hydrogens is 575 g/mol. The summed E-state index contributed by atoms with van der Waals surface area (Å²) in [5, 5.41) is 2.71. The number of benzene rings is 2. The number of amides is 1. The standard InChI is InChI=1S/C30H33FN6O5S/c1-34-13-15-36(16-14-34)24-17-25(35(2)43(3,40)41)28-33-26(29(38)32-18-21-9-11-23(31)12-10-21)27(30(39)37(28)19-24)42-20-22-7-5-4-6-8-22/h4-12,17,19H,13-16,18,20H2,1-3H3,(H,32,38). The summed E-state index contributed by atoms with van der Waals surface area (Å²) in [7, 11) is -0.371. The molecule has 0 saturated carbocycles. The van der Waals surface area contributed by atoms with Crippen molar-refractivity contribution in [3.63, 3.8) is 0 Å². The summed E-state index contributed by atoms with van der Waals surface area (Å²) < 4.78 is 47.0. The molecular formula is C30H33FN6O5S. The molecule has 0 atom stereocenters. The zero-order valence-corrected chi connectivity index (χ0v) is 25.0. The molecule has 13 heteroatoms. The van der Waals surface area contributed by atoms with E-state index in [0.29, 0.717) is 24.3 Å². The summed E-state index contributed by atoms with van der Waals surface area (Å²) in [6.45, 7) is 2.97. The Morgan fingerprint density at radius 2 is 1.72 bits per heavy atom. The van der Waals surface area contributed by atoms with E-state index in [2.05, 4.69) is 20.1 Å². The molecule has 1 saturated heterocycles. The van der Waals surface area contributed by atoms with Crippen molar-refractivity contribution in [2.75, 3.05) is 55.7 Å². The molecule has 0 radical (unpaired) electrons. The van der Waals surface area contributed by atoms with Crippen molar-refractivity contribution < 1.29 is 22.3 Å². The Morgan fingerprint density at radius 3 is 2.37 bits per heavy atom. The van der Waals surface area contributed by atoms with E-state index >= 15 is 0 Å². The minimum absolute atomic E-state index is 0.00365. The number of nitrogens with one attached hydrogen (secondary N) is 1. The molecule has 0 bridgehead atoms. The van der Waals surface area contributed by atoms with Crippen LogP contribution in [-0.2, 0) is 23.2 Å². The van der Waals surface area contributed by atoms with E-state index in [1.165, 1.54) is 35.7 Å². The predicted molar refractivity (Wildman–Crippen MR) is 163 cm³/mol. The third kappa shape index (κ3) is 6.78. The van der Waals surface area contributed by atoms with Gasteiger partial charge in [-0.25, -0.2) is 17.8 Å². The zero-order valence-electron chi connectivity index (χ0n) is 24.2. The highest BCUT2D eigenvalue weighted by Gasteiger charge is 2.27. The van der Waals surface area contributed by atoms with E-state index in [1.807, 2.05) is 37.4 Å². The lowest BCUT2D eigenvalue weighted by Gasteiger charge is -2.34. The number of ether oxygens (including phenoxy) is 1. The first-order valence-electron chi connectivity index (χ1n) is 13.7. The van der Waals surface area contributed by atoms with Gasteiger partial charge in [0.15, 0.2) is 11.3 Å². The second kappa shape index (κ2) is 12.4. The molecule has 1 fully saturated rings. The minimum atomic E-state index is -3.77. The van der Waals surface area contributed by atoms with Gasteiger partial charge in [0.1, 0.15) is 12.4 Å². The third-order valence-corrected chi connectivity index (χ3v) is 8.55. The predicted octanol–water partition coefficient (Wildman–Crippen LogP) is 2.49. The topological polar surface area (TPSA) is 117 Å². The third-order valence-electron chi connectivity index (χ3n) is 7.36. The number of rotatable bonds is 9. The maximum absolute atomic E-state index is 14.1. The summed E-state index contributed by atoms with van der Waals surface area (Å²) >= 11 is 0. The molecule has 1 aliphatic rings. The lowest BCUT2D eigenvalue weighted by atomic mass is 10.2. The van der Waals surface area contributed by atoms with Crippen LogP contribution in [0.5, 0.6) is 5.75 Å². The van der Waals surface area contributed by atoms with Gasteiger partial charge in [0.2, 0.25) is 15.8 Å². The van der Waals surface area contributed by atoms with Crippen LogP contribution in [0.2, 0.25) is 0 Å². The Labute approximate surface area is 249 Å². The monoisotopic (exact) mass is 608 g/mol. The molecule has 0 aliphatic carbocycles. The maximum atomic E-state index is 14.1. The van der Waals surface area contributed by atoms with E-state index in [0.717, 1.165) is 29.2 Å². The van der Waals surface area contributed by atoms with Gasteiger partial charge in [-0.1, -0.05) is 42.5 Å². The second-order valence-corrected chi connectivity index (χ2v) is 12.5. The largest absolute Gasteiger partial charge is 0.481 e. The SMILES string of the molecule is CN1CCN(c2cc(N(C)S(C)(=O)=O)c3nc(C(=O)NCc4ccc(F)cc4)c(OCc4ccccc4)c(=O)n3c2)CC1. The first kappa shape index (κ1) is 30.0. The molecule has 3 heterocycles. The van der Waals surface area contributed by atoms with Crippen LogP contribution in [0.3, 0.4) is 0 Å². The average molecular weight is 609 g/mol. The number of anilines is 2. The summed E-state index contributed by atoms with van der Waals surface area (Å²) in [4.78, 5) is 36.4. The van der Waals surface area contributed by atoms with Crippen molar-refractivity contribution in [2.45, 2.75) is 13.2 Å². The molecule has 43 heavy (non-hydrogen) atoms. The Bertz CT molecular complexity index is 1790. The van der Waals surface area contributed by atoms with Crippen LogP contribution in [0.15, 0.2) is 71.7 Å². The number of nitrogens with zero attached hydrogens (tertiary/aromatic N) is 5. The Hall–Kier alpha value is -4.49. The number of pyridine rings is 1. The lowest BCUT2D eigenvalue weighted by molar-refractivity contribution is 0.0940. The van der Waals surface area contributed by atoms with Crippen LogP contribution < -0.4 is 24.8 Å². The zero-order chi connectivity index (χ0) is 30.7. The number of carbonyl (C=O) groups is 1. The molecule has 4 aromatic rings. The average Bonchev–Trinajstić information content (AvgIpc) is 2.99. The summed E-state index contributed by atoms with van der Waals surface area (Å²) in [5.41, 5.74) is 1.21. The second-order valence-electron chi connectivity index (χ2n) is 10.5. The van der Waals surface area contributed by atoms with Crippen LogP contribution in [0.25, 0.3) is 5.65 Å². The van der Waals surface area contributed by atoms with Crippen LogP contribution in [-0.4, -0.2) is 75.1 Å². The van der Waals surface area contributed by atoms with Crippen molar-refractivity contribution in [3.05, 3.63) is 99.9 Å². The number of fused-ring (bicyclic) bond motifs is 1. The van der Waals surface area contributed by atoms with Gasteiger partial charge in [-0.3, -0.25) is 18.3 Å². The summed E-state index contributed by atoms with van der Waals surface area (Å²) in [6.07, 6.45) is 2.66. The fourth-order valence-corrected chi connectivity index (χ4v) is 5.21. The smallest absolute Gasteiger partial charge is 0.301 e. The first-order valence-corrected chi connectivity index (χ1v) is 15.5. The van der Waals surface area contributed by atoms with E-state index in [1.54, 1.807) is 12.3 Å². The van der Waals surface area contributed by atoms with Crippen LogP contribution in [0.4, 0.5) is 15.8 Å².